The lowest BCUT2D eigenvalue weighted by molar-refractivity contribution is -0.140. The molecule has 2 rings (SSSR count). The summed E-state index contributed by atoms with van der Waals surface area (Å²) in [6.45, 7) is 0. The summed E-state index contributed by atoms with van der Waals surface area (Å²) in [5.74, 6) is -2.82. The molecule has 0 amide bonds. The Kier molecular flexibility index (Phi) is 5.82. The first-order chi connectivity index (χ1) is 11.9. The van der Waals surface area contributed by atoms with Crippen molar-refractivity contribution in [3.63, 3.8) is 0 Å². The van der Waals surface area contributed by atoms with E-state index < -0.39 is 29.2 Å². The summed E-state index contributed by atoms with van der Waals surface area (Å²) in [7, 11) is 2.36. The standard InChI is InChI=1S/C17H16ClNO6/c1-24-13(20)7-11(9-4-3-5-10(18)6-9)14-15(21)12(17(23)25-2)8-19-16(14)22/h3-6,8,11H,7H2,1-2H3,(H2,19,21,22)/t11-/m0/s1. The lowest BCUT2D eigenvalue weighted by atomic mass is 9.88. The molecule has 25 heavy (non-hydrogen) atoms. The number of methoxy groups -OCH3 is 2. The number of pyridine rings is 1. The van der Waals surface area contributed by atoms with E-state index >= 15 is 0 Å². The van der Waals surface area contributed by atoms with Crippen molar-refractivity contribution in [1.82, 2.24) is 4.98 Å². The van der Waals surface area contributed by atoms with Crippen LogP contribution < -0.4 is 5.56 Å². The predicted molar refractivity (Wildman–Crippen MR) is 90.0 cm³/mol. The Balaban J connectivity index is 2.67. The van der Waals surface area contributed by atoms with Crippen molar-refractivity contribution in [3.05, 3.63) is 62.5 Å². The molecule has 0 bridgehead atoms. The number of aromatic nitrogens is 1. The largest absolute Gasteiger partial charge is 0.506 e. The second-order valence-corrected chi connectivity index (χ2v) is 5.61. The van der Waals surface area contributed by atoms with E-state index in [0.29, 0.717) is 10.6 Å². The quantitative estimate of drug-likeness (QED) is 0.787. The van der Waals surface area contributed by atoms with E-state index in [1.165, 1.54) is 7.11 Å². The predicted octanol–water partition coefficient (Wildman–Crippen LogP) is 2.22. The Hall–Kier alpha value is -2.80. The summed E-state index contributed by atoms with van der Waals surface area (Å²) in [4.78, 5) is 38.3. The van der Waals surface area contributed by atoms with Gasteiger partial charge in [0.15, 0.2) is 0 Å². The molecule has 7 nitrogen and oxygen atoms in total. The number of hydrogen-bond acceptors (Lipinski definition) is 6. The maximum absolute atomic E-state index is 12.3. The van der Waals surface area contributed by atoms with Gasteiger partial charge in [-0.25, -0.2) is 4.79 Å². The molecule has 0 saturated heterocycles. The Morgan fingerprint density at radius 2 is 2.00 bits per heavy atom. The molecule has 2 aromatic rings. The van der Waals surface area contributed by atoms with E-state index in [9.17, 15) is 19.5 Å². The average molecular weight is 366 g/mol. The molecule has 1 aromatic heterocycles. The fourth-order valence-corrected chi connectivity index (χ4v) is 2.68. The van der Waals surface area contributed by atoms with Gasteiger partial charge >= 0.3 is 11.9 Å². The minimum atomic E-state index is -0.862. The Bertz CT molecular complexity index is 860. The second-order valence-electron chi connectivity index (χ2n) is 5.17. The summed E-state index contributed by atoms with van der Waals surface area (Å²) in [5, 5.41) is 10.8. The number of rotatable bonds is 5. The molecule has 0 saturated carbocycles. The van der Waals surface area contributed by atoms with Crippen LogP contribution in [-0.4, -0.2) is 36.2 Å². The summed E-state index contributed by atoms with van der Waals surface area (Å²) in [5.41, 5.74) is -0.482. The highest BCUT2D eigenvalue weighted by atomic mass is 35.5. The molecule has 1 atom stereocenters. The molecule has 1 heterocycles. The van der Waals surface area contributed by atoms with Crippen molar-refractivity contribution in [2.75, 3.05) is 14.2 Å². The van der Waals surface area contributed by atoms with Crippen LogP contribution in [0.4, 0.5) is 0 Å². The number of nitrogens with one attached hydrogen (secondary N) is 1. The number of aromatic hydroxyl groups is 1. The molecular formula is C17H16ClNO6. The average Bonchev–Trinajstić information content (AvgIpc) is 2.60. The van der Waals surface area contributed by atoms with Gasteiger partial charge in [-0.1, -0.05) is 23.7 Å². The first-order valence-corrected chi connectivity index (χ1v) is 7.62. The fraction of sp³-hybridized carbons (Fsp3) is 0.235. The zero-order valence-electron chi connectivity index (χ0n) is 13.5. The van der Waals surface area contributed by atoms with Gasteiger partial charge in [0.1, 0.15) is 11.3 Å². The molecule has 0 fully saturated rings. The topological polar surface area (TPSA) is 106 Å². The van der Waals surface area contributed by atoms with Crippen molar-refractivity contribution in [1.29, 1.82) is 0 Å². The molecule has 0 unspecified atom stereocenters. The van der Waals surface area contributed by atoms with E-state index in [-0.39, 0.29) is 17.5 Å². The number of ether oxygens (including phenoxy) is 2. The van der Waals surface area contributed by atoms with Crippen LogP contribution in [0.5, 0.6) is 5.75 Å². The van der Waals surface area contributed by atoms with Crippen LogP contribution in [0.15, 0.2) is 35.3 Å². The van der Waals surface area contributed by atoms with Gasteiger partial charge in [-0.15, -0.1) is 0 Å². The van der Waals surface area contributed by atoms with E-state index in [1.807, 2.05) is 0 Å². The van der Waals surface area contributed by atoms with Crippen molar-refractivity contribution in [2.24, 2.45) is 0 Å². The van der Waals surface area contributed by atoms with Gasteiger partial charge in [0.05, 0.1) is 26.2 Å². The number of aromatic amines is 1. The number of carbonyl (C=O) groups is 2. The van der Waals surface area contributed by atoms with Gasteiger partial charge in [-0.3, -0.25) is 9.59 Å². The van der Waals surface area contributed by atoms with Crippen molar-refractivity contribution < 1.29 is 24.2 Å². The number of benzene rings is 1. The van der Waals surface area contributed by atoms with Crippen LogP contribution >= 0.6 is 11.6 Å². The van der Waals surface area contributed by atoms with Crippen molar-refractivity contribution in [2.45, 2.75) is 12.3 Å². The van der Waals surface area contributed by atoms with Crippen LogP contribution in [0, 0.1) is 0 Å². The number of carbonyl (C=O) groups excluding carboxylic acids is 2. The van der Waals surface area contributed by atoms with Crippen LogP contribution in [0.3, 0.4) is 0 Å². The van der Waals surface area contributed by atoms with E-state index in [2.05, 4.69) is 14.5 Å². The van der Waals surface area contributed by atoms with Gasteiger partial charge in [0.2, 0.25) is 0 Å². The Labute approximate surface area is 148 Å². The summed E-state index contributed by atoms with van der Waals surface area (Å²) < 4.78 is 9.26. The summed E-state index contributed by atoms with van der Waals surface area (Å²) in [6.07, 6.45) is 0.832. The molecule has 0 aliphatic rings. The molecule has 0 spiro atoms. The first-order valence-electron chi connectivity index (χ1n) is 7.24. The highest BCUT2D eigenvalue weighted by Crippen LogP contribution is 2.34. The highest BCUT2D eigenvalue weighted by Gasteiger charge is 2.28. The number of hydrogen-bond donors (Lipinski definition) is 2. The minimum Gasteiger partial charge on any atom is -0.506 e. The fourth-order valence-electron chi connectivity index (χ4n) is 2.49. The van der Waals surface area contributed by atoms with E-state index in [0.717, 1.165) is 13.3 Å². The highest BCUT2D eigenvalue weighted by molar-refractivity contribution is 6.30. The van der Waals surface area contributed by atoms with Gasteiger partial charge < -0.3 is 19.6 Å². The van der Waals surface area contributed by atoms with Crippen molar-refractivity contribution in [3.8, 4) is 5.75 Å². The first kappa shape index (κ1) is 18.5. The lowest BCUT2D eigenvalue weighted by Gasteiger charge is -2.18. The normalized spacial score (nSPS) is 11.6. The van der Waals surface area contributed by atoms with Crippen LogP contribution in [-0.2, 0) is 14.3 Å². The number of esters is 2. The summed E-state index contributed by atoms with van der Waals surface area (Å²) >= 11 is 5.99. The van der Waals surface area contributed by atoms with Crippen LogP contribution in [0.1, 0.15) is 33.8 Å². The summed E-state index contributed by atoms with van der Waals surface area (Å²) in [6, 6.07) is 6.51. The molecule has 0 aliphatic heterocycles. The number of halogens is 1. The zero-order chi connectivity index (χ0) is 18.6. The minimum absolute atomic E-state index is 0.143. The van der Waals surface area contributed by atoms with Crippen molar-refractivity contribution >= 4 is 23.5 Å². The number of H-pyrrole nitrogens is 1. The van der Waals surface area contributed by atoms with E-state index in [1.54, 1.807) is 24.3 Å². The molecule has 132 valence electrons. The monoisotopic (exact) mass is 365 g/mol. The maximum atomic E-state index is 12.3. The SMILES string of the molecule is COC(=O)C[C@@H](c1cccc(Cl)c1)c1c(O)c(C(=O)OC)c[nH]c1=O. The third kappa shape index (κ3) is 4.00. The van der Waals surface area contributed by atoms with Gasteiger partial charge in [0.25, 0.3) is 5.56 Å². The van der Waals surface area contributed by atoms with E-state index in [4.69, 9.17) is 11.6 Å². The van der Waals surface area contributed by atoms with Gasteiger partial charge in [0, 0.05) is 17.1 Å². The van der Waals surface area contributed by atoms with Gasteiger partial charge in [-0.05, 0) is 17.7 Å². The molecular weight excluding hydrogens is 350 g/mol. The zero-order valence-corrected chi connectivity index (χ0v) is 14.3. The third-order valence-electron chi connectivity index (χ3n) is 3.71. The smallest absolute Gasteiger partial charge is 0.343 e. The second kappa shape index (κ2) is 7.85. The molecule has 0 aliphatic carbocycles. The lowest BCUT2D eigenvalue weighted by Crippen LogP contribution is -2.22. The third-order valence-corrected chi connectivity index (χ3v) is 3.94. The maximum Gasteiger partial charge on any atom is 0.343 e. The van der Waals surface area contributed by atoms with Crippen LogP contribution in [0.25, 0.3) is 0 Å². The Morgan fingerprint density at radius 1 is 1.28 bits per heavy atom. The molecule has 1 aromatic carbocycles. The Morgan fingerprint density at radius 3 is 2.60 bits per heavy atom. The van der Waals surface area contributed by atoms with Crippen LogP contribution in [0.2, 0.25) is 5.02 Å². The molecule has 8 heteroatoms. The molecule has 2 N–H and O–H groups in total. The van der Waals surface area contributed by atoms with Gasteiger partial charge in [-0.2, -0.15) is 0 Å². The molecule has 0 radical (unpaired) electrons.